The average Bonchev–Trinajstić information content (AvgIpc) is 2.20. The van der Waals surface area contributed by atoms with Gasteiger partial charge in [0.1, 0.15) is 18.5 Å². The zero-order valence-electron chi connectivity index (χ0n) is 8.10. The number of hydrogen-bond acceptors (Lipinski definition) is 4. The van der Waals surface area contributed by atoms with Gasteiger partial charge in [0.2, 0.25) is 0 Å². The number of anilines is 1. The van der Waals surface area contributed by atoms with E-state index in [-0.39, 0.29) is 13.2 Å². The van der Waals surface area contributed by atoms with Crippen LogP contribution in [0.4, 0.5) is 5.69 Å². The van der Waals surface area contributed by atoms with E-state index in [2.05, 4.69) is 0 Å². The van der Waals surface area contributed by atoms with Gasteiger partial charge in [-0.2, -0.15) is 0 Å². The first-order valence-corrected chi connectivity index (χ1v) is 4.42. The van der Waals surface area contributed by atoms with Crippen LogP contribution < -0.4 is 10.5 Å². The number of nitrogens with two attached hydrogens (primary N) is 1. The van der Waals surface area contributed by atoms with Gasteiger partial charge in [-0.25, -0.2) is 0 Å². The van der Waals surface area contributed by atoms with E-state index < -0.39 is 6.10 Å². The first kappa shape index (κ1) is 10.8. The minimum Gasteiger partial charge on any atom is -0.489 e. The predicted molar refractivity (Wildman–Crippen MR) is 54.2 cm³/mol. The molecule has 4 N–H and O–H groups in total. The van der Waals surface area contributed by atoms with Crippen LogP contribution in [0.25, 0.3) is 0 Å². The second kappa shape index (κ2) is 4.83. The minimum atomic E-state index is -0.866. The molecule has 0 fully saturated rings. The van der Waals surface area contributed by atoms with Gasteiger partial charge < -0.3 is 20.7 Å². The second-order valence-electron chi connectivity index (χ2n) is 3.13. The average molecular weight is 197 g/mol. The summed E-state index contributed by atoms with van der Waals surface area (Å²) in [5.74, 6) is 0.539. The van der Waals surface area contributed by atoms with Crippen molar-refractivity contribution in [1.29, 1.82) is 0 Å². The number of rotatable bonds is 4. The molecule has 1 aromatic carbocycles. The minimum absolute atomic E-state index is 0.0458. The third-order valence-electron chi connectivity index (χ3n) is 1.93. The summed E-state index contributed by atoms with van der Waals surface area (Å²) < 4.78 is 5.24. The Kier molecular flexibility index (Phi) is 3.73. The highest BCUT2D eigenvalue weighted by molar-refractivity contribution is 5.57. The van der Waals surface area contributed by atoms with Crippen molar-refractivity contribution in [1.82, 2.24) is 0 Å². The van der Waals surface area contributed by atoms with Crippen molar-refractivity contribution < 1.29 is 14.9 Å². The third kappa shape index (κ3) is 2.61. The molecular formula is C10H15NO3. The quantitative estimate of drug-likeness (QED) is 0.607. The van der Waals surface area contributed by atoms with Crippen molar-refractivity contribution >= 4 is 5.69 Å². The number of benzene rings is 1. The number of nitrogen functional groups attached to an aromatic ring is 1. The molecule has 1 rings (SSSR count). The highest BCUT2D eigenvalue weighted by atomic mass is 16.5. The van der Waals surface area contributed by atoms with Crippen molar-refractivity contribution in [2.45, 2.75) is 13.0 Å². The molecule has 0 aromatic heterocycles. The summed E-state index contributed by atoms with van der Waals surface area (Å²) in [6.45, 7) is 1.61. The molecule has 1 atom stereocenters. The maximum atomic E-state index is 9.06. The van der Waals surface area contributed by atoms with E-state index in [1.54, 1.807) is 6.07 Å². The van der Waals surface area contributed by atoms with Gasteiger partial charge in [0.15, 0.2) is 0 Å². The molecule has 0 aliphatic heterocycles. The molecule has 0 aliphatic carbocycles. The maximum absolute atomic E-state index is 9.06. The van der Waals surface area contributed by atoms with Crippen LogP contribution in [-0.4, -0.2) is 29.5 Å². The summed E-state index contributed by atoms with van der Waals surface area (Å²) in [4.78, 5) is 0. The van der Waals surface area contributed by atoms with Gasteiger partial charge >= 0.3 is 0 Å². The fourth-order valence-electron chi connectivity index (χ4n) is 1.02. The van der Waals surface area contributed by atoms with E-state index in [1.165, 1.54) is 0 Å². The Bertz CT molecular complexity index is 301. The number of hydrogen-bond donors (Lipinski definition) is 3. The van der Waals surface area contributed by atoms with Crippen LogP contribution in [-0.2, 0) is 0 Å². The summed E-state index contributed by atoms with van der Waals surface area (Å²) in [6.07, 6.45) is -0.866. The summed E-state index contributed by atoms with van der Waals surface area (Å²) in [7, 11) is 0. The SMILES string of the molecule is Cc1cccc(OCC(O)CO)c1N. The fraction of sp³-hybridized carbons (Fsp3) is 0.400. The largest absolute Gasteiger partial charge is 0.489 e. The van der Waals surface area contributed by atoms with Crippen molar-refractivity contribution in [3.63, 3.8) is 0 Å². The molecule has 0 spiro atoms. The second-order valence-corrected chi connectivity index (χ2v) is 3.13. The summed E-state index contributed by atoms with van der Waals surface area (Å²) in [5.41, 5.74) is 7.24. The Balaban J connectivity index is 2.63. The molecule has 0 saturated carbocycles. The zero-order chi connectivity index (χ0) is 10.6. The smallest absolute Gasteiger partial charge is 0.142 e. The Morgan fingerprint density at radius 2 is 2.21 bits per heavy atom. The lowest BCUT2D eigenvalue weighted by Gasteiger charge is -2.12. The highest BCUT2D eigenvalue weighted by Crippen LogP contribution is 2.24. The zero-order valence-corrected chi connectivity index (χ0v) is 8.10. The predicted octanol–water partition coefficient (Wildman–Crippen LogP) is 0.309. The van der Waals surface area contributed by atoms with Crippen LogP contribution in [0.1, 0.15) is 5.56 Å². The lowest BCUT2D eigenvalue weighted by molar-refractivity contribution is 0.0538. The van der Waals surface area contributed by atoms with Crippen LogP contribution in [0.15, 0.2) is 18.2 Å². The number of aliphatic hydroxyl groups excluding tert-OH is 2. The van der Waals surface area contributed by atoms with Crippen molar-refractivity contribution in [3.8, 4) is 5.75 Å². The van der Waals surface area contributed by atoms with Crippen LogP contribution in [0.5, 0.6) is 5.75 Å². The van der Waals surface area contributed by atoms with E-state index >= 15 is 0 Å². The van der Waals surface area contributed by atoms with Crippen LogP contribution >= 0.6 is 0 Å². The molecule has 0 heterocycles. The van der Waals surface area contributed by atoms with Crippen LogP contribution in [0.2, 0.25) is 0 Å². The summed E-state index contributed by atoms with van der Waals surface area (Å²) in [6, 6.07) is 5.43. The van der Waals surface area contributed by atoms with Gasteiger partial charge in [0, 0.05) is 0 Å². The Morgan fingerprint density at radius 3 is 2.86 bits per heavy atom. The number of aliphatic hydroxyl groups is 2. The first-order valence-electron chi connectivity index (χ1n) is 4.42. The lowest BCUT2D eigenvalue weighted by atomic mass is 10.2. The van der Waals surface area contributed by atoms with E-state index in [0.717, 1.165) is 5.56 Å². The first-order chi connectivity index (χ1) is 6.65. The fourth-order valence-corrected chi connectivity index (χ4v) is 1.02. The van der Waals surface area contributed by atoms with E-state index in [9.17, 15) is 0 Å². The molecule has 1 unspecified atom stereocenters. The molecular weight excluding hydrogens is 182 g/mol. The van der Waals surface area contributed by atoms with Gasteiger partial charge in [-0.05, 0) is 18.6 Å². The maximum Gasteiger partial charge on any atom is 0.142 e. The molecule has 0 aliphatic rings. The molecule has 0 amide bonds. The topological polar surface area (TPSA) is 75.7 Å². The monoisotopic (exact) mass is 197 g/mol. The highest BCUT2D eigenvalue weighted by Gasteiger charge is 2.06. The van der Waals surface area contributed by atoms with E-state index in [4.69, 9.17) is 20.7 Å². The van der Waals surface area contributed by atoms with E-state index in [0.29, 0.717) is 11.4 Å². The third-order valence-corrected chi connectivity index (χ3v) is 1.93. The summed E-state index contributed by atoms with van der Waals surface area (Å²) >= 11 is 0. The van der Waals surface area contributed by atoms with Crippen molar-refractivity contribution in [2.24, 2.45) is 0 Å². The Morgan fingerprint density at radius 1 is 1.50 bits per heavy atom. The van der Waals surface area contributed by atoms with Crippen molar-refractivity contribution in [3.05, 3.63) is 23.8 Å². The number of ether oxygens (including phenoxy) is 1. The molecule has 4 heteroatoms. The van der Waals surface area contributed by atoms with Gasteiger partial charge in [0.25, 0.3) is 0 Å². The number of aryl methyl sites for hydroxylation is 1. The molecule has 0 bridgehead atoms. The van der Waals surface area contributed by atoms with Gasteiger partial charge in [-0.1, -0.05) is 12.1 Å². The van der Waals surface area contributed by atoms with Gasteiger partial charge in [0.05, 0.1) is 12.3 Å². The van der Waals surface area contributed by atoms with Gasteiger partial charge in [-0.3, -0.25) is 0 Å². The van der Waals surface area contributed by atoms with Crippen LogP contribution in [0, 0.1) is 6.92 Å². The van der Waals surface area contributed by atoms with E-state index in [1.807, 2.05) is 19.1 Å². The van der Waals surface area contributed by atoms with Crippen LogP contribution in [0.3, 0.4) is 0 Å². The Labute approximate surface area is 82.9 Å². The number of para-hydroxylation sites is 1. The molecule has 0 radical (unpaired) electrons. The van der Waals surface area contributed by atoms with Gasteiger partial charge in [-0.15, -0.1) is 0 Å². The standard InChI is InChI=1S/C10H15NO3/c1-7-3-2-4-9(10(7)11)14-6-8(13)5-12/h2-4,8,12-13H,5-6,11H2,1H3. The molecule has 78 valence electrons. The lowest BCUT2D eigenvalue weighted by Crippen LogP contribution is -2.21. The van der Waals surface area contributed by atoms with Crippen molar-refractivity contribution in [2.75, 3.05) is 18.9 Å². The normalized spacial score (nSPS) is 12.5. The molecule has 1 aromatic rings. The summed E-state index contributed by atoms with van der Waals surface area (Å²) in [5, 5.41) is 17.6. The molecule has 0 saturated heterocycles. The Hall–Kier alpha value is -1.26. The molecule has 4 nitrogen and oxygen atoms in total. The molecule has 14 heavy (non-hydrogen) atoms.